The van der Waals surface area contributed by atoms with E-state index in [0.29, 0.717) is 13.0 Å². The van der Waals surface area contributed by atoms with Crippen LogP contribution in [0.3, 0.4) is 0 Å². The molecule has 1 aromatic carbocycles. The van der Waals surface area contributed by atoms with Crippen molar-refractivity contribution < 1.29 is 28.6 Å². The molecule has 39 heavy (non-hydrogen) atoms. The van der Waals surface area contributed by atoms with Gasteiger partial charge in [0, 0.05) is 38.1 Å². The van der Waals surface area contributed by atoms with Crippen molar-refractivity contribution in [3.8, 4) is 28.6 Å². The summed E-state index contributed by atoms with van der Waals surface area (Å²) in [6.45, 7) is 10.2. The Labute approximate surface area is 231 Å². The molecule has 2 fully saturated rings. The largest absolute Gasteiger partial charge is 0.507 e. The second-order valence-electron chi connectivity index (χ2n) is 11.0. The number of hydrogen-bond acceptors (Lipinski definition) is 7. The van der Waals surface area contributed by atoms with Crippen LogP contribution < -0.4 is 9.47 Å². The summed E-state index contributed by atoms with van der Waals surface area (Å²) in [7, 11) is 2.04. The summed E-state index contributed by atoms with van der Waals surface area (Å²) < 4.78 is 27.6. The van der Waals surface area contributed by atoms with Gasteiger partial charge in [0.05, 0.1) is 11.6 Å². The fraction of sp³-hybridized carbons (Fsp3) is 0.464. The second kappa shape index (κ2) is 10.3. The Balaban J connectivity index is 1.63. The molecule has 0 saturated carbocycles. The minimum absolute atomic E-state index is 0.0195. The molecule has 2 aromatic rings. The quantitative estimate of drug-likeness (QED) is 0.573. The molecule has 5 rings (SSSR count). The number of halogens is 2. The van der Waals surface area contributed by atoms with E-state index in [1.54, 1.807) is 9.80 Å². The number of aromatic hydroxyl groups is 1. The number of carbonyl (C=O) groups excluding carboxylic acids is 2. The highest BCUT2D eigenvalue weighted by Gasteiger charge is 2.43. The van der Waals surface area contributed by atoms with E-state index in [0.717, 1.165) is 13.1 Å². The van der Waals surface area contributed by atoms with Gasteiger partial charge in [-0.05, 0) is 31.7 Å². The van der Waals surface area contributed by atoms with Crippen molar-refractivity contribution >= 4 is 23.4 Å². The topological polar surface area (TPSA) is 95.4 Å². The lowest BCUT2D eigenvalue weighted by Crippen LogP contribution is -2.57. The molecule has 9 nitrogen and oxygen atoms in total. The fourth-order valence-electron chi connectivity index (χ4n) is 5.72. The Kier molecular flexibility index (Phi) is 7.19. The number of hydrogen-bond donors (Lipinski definition) is 1. The van der Waals surface area contributed by atoms with Crippen LogP contribution in [0.5, 0.6) is 17.4 Å². The zero-order valence-corrected chi connectivity index (χ0v) is 23.0. The van der Waals surface area contributed by atoms with Gasteiger partial charge in [0.1, 0.15) is 40.6 Å². The van der Waals surface area contributed by atoms with Crippen LogP contribution in [-0.2, 0) is 4.79 Å². The number of amides is 2. The Morgan fingerprint density at radius 2 is 2.08 bits per heavy atom. The molecule has 2 saturated heterocycles. The van der Waals surface area contributed by atoms with E-state index in [9.17, 15) is 19.1 Å². The number of likely N-dealkylation sites (tertiary alicyclic amines) is 1. The van der Waals surface area contributed by atoms with Crippen molar-refractivity contribution in [1.82, 2.24) is 19.7 Å². The lowest BCUT2D eigenvalue weighted by molar-refractivity contribution is -0.128. The van der Waals surface area contributed by atoms with E-state index in [-0.39, 0.29) is 76.3 Å². The third kappa shape index (κ3) is 4.91. The van der Waals surface area contributed by atoms with Gasteiger partial charge in [-0.1, -0.05) is 38.1 Å². The molecule has 0 bridgehead atoms. The zero-order chi connectivity index (χ0) is 28.1. The van der Waals surface area contributed by atoms with Crippen LogP contribution in [0, 0.1) is 11.2 Å². The van der Waals surface area contributed by atoms with Crippen LogP contribution in [0.4, 0.5) is 4.39 Å². The van der Waals surface area contributed by atoms with Crippen LogP contribution in [0.15, 0.2) is 30.9 Å². The summed E-state index contributed by atoms with van der Waals surface area (Å²) in [6.07, 6.45) is 1.62. The number of nitrogens with zero attached hydrogens (tertiary/aromatic N) is 4. The number of pyridine rings is 1. The zero-order valence-electron chi connectivity index (χ0n) is 22.2. The standard InChI is InChI=1S/C28H32ClFN4O5/c1-5-20(36)33-11-12-34-16(13-33)14-38-25-22(27(34)37)26(39-19-9-10-32(4)15-28(19,2)3)31-24(23(25)29)21-17(30)7-6-8-18(21)35/h5-8,16,19,35H,1,9-15H2,2-4H3. The normalized spacial score (nSPS) is 22.8. The average Bonchev–Trinajstić information content (AvgIpc) is 3.03. The van der Waals surface area contributed by atoms with Crippen molar-refractivity contribution in [2.75, 3.05) is 46.4 Å². The van der Waals surface area contributed by atoms with Gasteiger partial charge in [-0.15, -0.1) is 0 Å². The highest BCUT2D eigenvalue weighted by atomic mass is 35.5. The Morgan fingerprint density at radius 1 is 1.31 bits per heavy atom. The van der Waals surface area contributed by atoms with E-state index < -0.39 is 17.8 Å². The van der Waals surface area contributed by atoms with Gasteiger partial charge in [-0.2, -0.15) is 0 Å². The van der Waals surface area contributed by atoms with Crippen molar-refractivity contribution in [2.45, 2.75) is 32.4 Å². The molecular weight excluding hydrogens is 527 g/mol. The number of ether oxygens (including phenoxy) is 2. The first-order valence-electron chi connectivity index (χ1n) is 12.9. The minimum Gasteiger partial charge on any atom is -0.507 e. The molecule has 3 aliphatic rings. The number of phenols is 1. The van der Waals surface area contributed by atoms with Crippen molar-refractivity contribution in [3.63, 3.8) is 0 Å². The van der Waals surface area contributed by atoms with Crippen LogP contribution >= 0.6 is 11.6 Å². The van der Waals surface area contributed by atoms with Gasteiger partial charge in [0.25, 0.3) is 5.91 Å². The molecule has 1 aromatic heterocycles. The lowest BCUT2D eigenvalue weighted by atomic mass is 9.81. The van der Waals surface area contributed by atoms with Gasteiger partial charge in [0.2, 0.25) is 11.8 Å². The van der Waals surface area contributed by atoms with Gasteiger partial charge in [0.15, 0.2) is 5.75 Å². The van der Waals surface area contributed by atoms with Crippen LogP contribution in [-0.4, -0.2) is 95.1 Å². The van der Waals surface area contributed by atoms with E-state index in [1.807, 2.05) is 7.05 Å². The smallest absolute Gasteiger partial charge is 0.263 e. The molecule has 208 valence electrons. The first kappa shape index (κ1) is 27.2. The summed E-state index contributed by atoms with van der Waals surface area (Å²) in [5.74, 6) is -1.71. The second-order valence-corrected chi connectivity index (χ2v) is 11.4. The maximum atomic E-state index is 15.0. The highest BCUT2D eigenvalue weighted by Crippen LogP contribution is 2.46. The van der Waals surface area contributed by atoms with E-state index in [1.165, 1.54) is 24.3 Å². The predicted octanol–water partition coefficient (Wildman–Crippen LogP) is 3.59. The van der Waals surface area contributed by atoms with Crippen molar-refractivity contribution in [3.05, 3.63) is 47.3 Å². The molecule has 11 heteroatoms. The van der Waals surface area contributed by atoms with Crippen LogP contribution in [0.1, 0.15) is 30.6 Å². The molecule has 0 aliphatic carbocycles. The summed E-state index contributed by atoms with van der Waals surface area (Å²) in [5, 5.41) is 10.4. The Bertz CT molecular complexity index is 1320. The molecule has 2 atom stereocenters. The summed E-state index contributed by atoms with van der Waals surface area (Å²) in [5.41, 5.74) is -0.517. The van der Waals surface area contributed by atoms with Gasteiger partial charge < -0.3 is 29.3 Å². The maximum Gasteiger partial charge on any atom is 0.263 e. The Morgan fingerprint density at radius 3 is 2.77 bits per heavy atom. The summed E-state index contributed by atoms with van der Waals surface area (Å²) in [6, 6.07) is 3.45. The molecular formula is C28H32ClFN4O5. The summed E-state index contributed by atoms with van der Waals surface area (Å²) >= 11 is 6.76. The number of piperazine rings is 1. The third-order valence-electron chi connectivity index (χ3n) is 7.73. The Hall–Kier alpha value is -3.37. The molecule has 0 spiro atoms. The number of aromatic nitrogens is 1. The predicted molar refractivity (Wildman–Crippen MR) is 144 cm³/mol. The van der Waals surface area contributed by atoms with Crippen LogP contribution in [0.25, 0.3) is 11.3 Å². The molecule has 2 unspecified atom stereocenters. The number of fused-ring (bicyclic) bond motifs is 2. The molecule has 1 N–H and O–H groups in total. The highest BCUT2D eigenvalue weighted by molar-refractivity contribution is 6.35. The molecule has 2 amide bonds. The fourth-order valence-corrected chi connectivity index (χ4v) is 6.00. The first-order valence-corrected chi connectivity index (χ1v) is 13.3. The van der Waals surface area contributed by atoms with E-state index in [2.05, 4.69) is 30.3 Å². The first-order chi connectivity index (χ1) is 18.5. The van der Waals surface area contributed by atoms with Crippen molar-refractivity contribution in [1.29, 1.82) is 0 Å². The van der Waals surface area contributed by atoms with E-state index in [4.69, 9.17) is 21.1 Å². The van der Waals surface area contributed by atoms with Crippen LogP contribution in [0.2, 0.25) is 5.02 Å². The monoisotopic (exact) mass is 558 g/mol. The number of carbonyl (C=O) groups is 2. The van der Waals surface area contributed by atoms with E-state index >= 15 is 0 Å². The molecule has 0 radical (unpaired) electrons. The lowest BCUT2D eigenvalue weighted by Gasteiger charge is -2.42. The molecule has 4 heterocycles. The number of rotatable bonds is 4. The summed E-state index contributed by atoms with van der Waals surface area (Å²) in [4.78, 5) is 36.3. The van der Waals surface area contributed by atoms with Gasteiger partial charge >= 0.3 is 0 Å². The number of piperidine rings is 1. The molecule has 3 aliphatic heterocycles. The third-order valence-corrected chi connectivity index (χ3v) is 8.08. The maximum absolute atomic E-state index is 15.0. The number of phenolic OH excluding ortho intramolecular Hbond substituents is 1. The average molecular weight is 559 g/mol. The minimum atomic E-state index is -0.731. The van der Waals surface area contributed by atoms with Crippen molar-refractivity contribution in [2.24, 2.45) is 5.41 Å². The number of benzene rings is 1. The van der Waals surface area contributed by atoms with Gasteiger partial charge in [-0.25, -0.2) is 9.37 Å². The SMILES string of the molecule is C=CC(=O)N1CCN2C(=O)c3c(OC4CCN(C)CC4(C)C)nc(-c4c(O)cccc4F)c(Cl)c3OCC2C1. The van der Waals surface area contributed by atoms with Gasteiger partial charge in [-0.3, -0.25) is 9.59 Å².